The van der Waals surface area contributed by atoms with Gasteiger partial charge in [0.2, 0.25) is 0 Å². The number of nitrogens with zero attached hydrogens (tertiary/aromatic N) is 3. The first-order chi connectivity index (χ1) is 21.6. The number of benzene rings is 4. The first-order valence-electron chi connectivity index (χ1n) is 15.4. The fourth-order valence-electron chi connectivity index (χ4n) is 7.03. The van der Waals surface area contributed by atoms with E-state index >= 15 is 0 Å². The molecule has 0 radical (unpaired) electrons. The topological polar surface area (TPSA) is 40.6 Å². The molecule has 4 heteroatoms. The number of aryl methyl sites for hydroxylation is 1. The van der Waals surface area contributed by atoms with E-state index in [9.17, 15) is 5.26 Å². The Morgan fingerprint density at radius 1 is 0.773 bits per heavy atom. The SMILES string of the molecule is [C-]#[N+]/C(C#N)=C1C=C(/C=C/c2ccc(N(c3ccccc3)c3cccc4c3CCCC4)cc2)OC2(C\1)Cc1ccccc1C2. The highest BCUT2D eigenvalue weighted by Gasteiger charge is 2.42. The Kier molecular flexibility index (Phi) is 7.35. The first kappa shape index (κ1) is 27.5. The Bertz CT molecular complexity index is 1840. The zero-order chi connectivity index (χ0) is 29.9. The van der Waals surface area contributed by atoms with Gasteiger partial charge in [-0.2, -0.15) is 0 Å². The van der Waals surface area contributed by atoms with Gasteiger partial charge in [-0.25, -0.2) is 10.1 Å². The van der Waals surface area contributed by atoms with Gasteiger partial charge in [-0.15, -0.1) is 0 Å². The lowest BCUT2D eigenvalue weighted by atomic mass is 9.87. The molecule has 1 heterocycles. The van der Waals surface area contributed by atoms with E-state index in [1.165, 1.54) is 40.8 Å². The van der Waals surface area contributed by atoms with Crippen LogP contribution in [0.25, 0.3) is 10.9 Å². The van der Waals surface area contributed by atoms with Gasteiger partial charge < -0.3 is 9.64 Å². The van der Waals surface area contributed by atoms with Gasteiger partial charge in [-0.05, 0) is 102 Å². The van der Waals surface area contributed by atoms with E-state index in [1.54, 1.807) is 0 Å². The van der Waals surface area contributed by atoms with Crippen molar-refractivity contribution in [1.29, 1.82) is 5.26 Å². The number of fused-ring (bicyclic) bond motifs is 2. The van der Waals surface area contributed by atoms with Crippen molar-refractivity contribution in [3.63, 3.8) is 0 Å². The molecular weight excluding hydrogens is 538 g/mol. The highest BCUT2D eigenvalue weighted by molar-refractivity contribution is 5.79. The van der Waals surface area contributed by atoms with Gasteiger partial charge in [0.15, 0.2) is 0 Å². The van der Waals surface area contributed by atoms with Crippen LogP contribution in [0.2, 0.25) is 0 Å². The maximum absolute atomic E-state index is 9.66. The predicted molar refractivity (Wildman–Crippen MR) is 176 cm³/mol. The fourth-order valence-corrected chi connectivity index (χ4v) is 7.03. The molecule has 4 nitrogen and oxygen atoms in total. The number of hydrogen-bond acceptors (Lipinski definition) is 3. The minimum Gasteiger partial charge on any atom is -0.486 e. The maximum atomic E-state index is 9.66. The van der Waals surface area contributed by atoms with E-state index < -0.39 is 5.60 Å². The largest absolute Gasteiger partial charge is 0.486 e. The zero-order valence-electron chi connectivity index (χ0n) is 24.7. The van der Waals surface area contributed by atoms with Gasteiger partial charge in [0.25, 0.3) is 5.70 Å². The Labute approximate surface area is 259 Å². The summed E-state index contributed by atoms with van der Waals surface area (Å²) in [6, 6.07) is 36.5. The van der Waals surface area contributed by atoms with Gasteiger partial charge in [0.05, 0.1) is 12.6 Å². The number of para-hydroxylation sites is 1. The summed E-state index contributed by atoms with van der Waals surface area (Å²) in [5.74, 6) is 0.682. The quantitative estimate of drug-likeness (QED) is 0.177. The van der Waals surface area contributed by atoms with Crippen molar-refractivity contribution in [2.75, 3.05) is 4.90 Å². The molecule has 1 spiro atoms. The minimum absolute atomic E-state index is 0.142. The molecule has 7 rings (SSSR count). The molecule has 0 saturated carbocycles. The Morgan fingerprint density at radius 3 is 2.18 bits per heavy atom. The van der Waals surface area contributed by atoms with E-state index in [1.807, 2.05) is 12.2 Å². The van der Waals surface area contributed by atoms with Crippen LogP contribution < -0.4 is 4.90 Å². The van der Waals surface area contributed by atoms with Crippen LogP contribution >= 0.6 is 0 Å². The highest BCUT2D eigenvalue weighted by Crippen LogP contribution is 2.43. The van der Waals surface area contributed by atoms with Crippen molar-refractivity contribution in [3.8, 4) is 6.07 Å². The van der Waals surface area contributed by atoms with Crippen molar-refractivity contribution in [2.45, 2.75) is 50.5 Å². The first-order valence-corrected chi connectivity index (χ1v) is 15.4. The van der Waals surface area contributed by atoms with E-state index in [-0.39, 0.29) is 5.70 Å². The molecule has 0 fully saturated rings. The number of ether oxygens (including phenoxy) is 1. The minimum atomic E-state index is -0.477. The molecule has 0 N–H and O–H groups in total. The van der Waals surface area contributed by atoms with Crippen molar-refractivity contribution < 1.29 is 4.74 Å². The van der Waals surface area contributed by atoms with Gasteiger partial charge in [0.1, 0.15) is 11.4 Å². The van der Waals surface area contributed by atoms with E-state index in [0.29, 0.717) is 12.2 Å². The van der Waals surface area contributed by atoms with E-state index in [0.717, 1.165) is 48.2 Å². The van der Waals surface area contributed by atoms with Crippen molar-refractivity contribution in [1.82, 2.24) is 0 Å². The zero-order valence-corrected chi connectivity index (χ0v) is 24.7. The molecular formula is C40H33N3O. The van der Waals surface area contributed by atoms with Crippen LogP contribution in [-0.2, 0) is 30.4 Å². The van der Waals surface area contributed by atoms with Crippen LogP contribution in [0.3, 0.4) is 0 Å². The molecule has 0 amide bonds. The molecule has 214 valence electrons. The molecule has 0 aromatic heterocycles. The molecule has 4 aromatic carbocycles. The lowest BCUT2D eigenvalue weighted by molar-refractivity contribution is 0.0108. The van der Waals surface area contributed by atoms with Gasteiger partial charge in [0, 0.05) is 36.3 Å². The van der Waals surface area contributed by atoms with Gasteiger partial charge in [-0.3, -0.25) is 0 Å². The molecule has 0 saturated heterocycles. The standard InChI is InChI=1S/C40H33N3O/c1-42-38(28-41)33-24-36(44-40(27-33)25-31-11-5-6-12-32(31)26-40)23-20-29-18-21-35(22-19-29)43(34-14-3-2-4-15-34)39-17-9-13-30-10-7-8-16-37(30)39/h2-6,9,11-15,17-24H,7-8,10,16,25-27H2/b23-20+,38-33+. The molecule has 0 unspecified atom stereocenters. The predicted octanol–water partition coefficient (Wildman–Crippen LogP) is 9.59. The summed E-state index contributed by atoms with van der Waals surface area (Å²) in [5.41, 5.74) is 10.4. The normalized spacial score (nSPS) is 17.5. The Morgan fingerprint density at radius 2 is 1.45 bits per heavy atom. The second kappa shape index (κ2) is 11.8. The number of allylic oxidation sites excluding steroid dienone is 3. The summed E-state index contributed by atoms with van der Waals surface area (Å²) in [5, 5.41) is 9.66. The lowest BCUT2D eigenvalue weighted by Crippen LogP contribution is -2.36. The third-order valence-corrected chi connectivity index (χ3v) is 9.05. The third kappa shape index (κ3) is 5.32. The lowest BCUT2D eigenvalue weighted by Gasteiger charge is -2.35. The van der Waals surface area contributed by atoms with Crippen LogP contribution in [0, 0.1) is 17.9 Å². The number of anilines is 3. The van der Waals surface area contributed by atoms with Crippen LogP contribution in [-0.4, -0.2) is 5.60 Å². The Balaban J connectivity index is 1.19. The summed E-state index contributed by atoms with van der Waals surface area (Å²) < 4.78 is 6.66. The summed E-state index contributed by atoms with van der Waals surface area (Å²) >= 11 is 0. The third-order valence-electron chi connectivity index (χ3n) is 9.05. The molecule has 3 aliphatic rings. The van der Waals surface area contributed by atoms with E-state index in [4.69, 9.17) is 11.3 Å². The van der Waals surface area contributed by atoms with Crippen LogP contribution in [0.5, 0.6) is 0 Å². The van der Waals surface area contributed by atoms with Crippen LogP contribution in [0.1, 0.15) is 47.1 Å². The second-order valence-electron chi connectivity index (χ2n) is 11.9. The van der Waals surface area contributed by atoms with Crippen LogP contribution in [0.15, 0.2) is 126 Å². The molecule has 2 aliphatic carbocycles. The van der Waals surface area contributed by atoms with Crippen molar-refractivity contribution >= 4 is 23.1 Å². The number of rotatable bonds is 5. The highest BCUT2D eigenvalue weighted by atomic mass is 16.5. The van der Waals surface area contributed by atoms with Crippen molar-refractivity contribution in [3.05, 3.63) is 165 Å². The summed E-state index contributed by atoms with van der Waals surface area (Å²) in [6.45, 7) is 7.57. The van der Waals surface area contributed by atoms with Gasteiger partial charge >= 0.3 is 0 Å². The number of nitriles is 1. The molecule has 1 aliphatic heterocycles. The monoisotopic (exact) mass is 571 g/mol. The second-order valence-corrected chi connectivity index (χ2v) is 11.9. The fraction of sp³-hybridized carbons (Fsp3) is 0.200. The van der Waals surface area contributed by atoms with Crippen LogP contribution in [0.4, 0.5) is 17.1 Å². The maximum Gasteiger partial charge on any atom is 0.265 e. The summed E-state index contributed by atoms with van der Waals surface area (Å²) in [6.07, 6.45) is 12.7. The van der Waals surface area contributed by atoms with E-state index in [2.05, 4.69) is 119 Å². The average molecular weight is 572 g/mol. The smallest absolute Gasteiger partial charge is 0.265 e. The molecule has 4 aromatic rings. The molecule has 0 bridgehead atoms. The average Bonchev–Trinajstić information content (AvgIpc) is 3.42. The van der Waals surface area contributed by atoms with Gasteiger partial charge in [-0.1, -0.05) is 72.8 Å². The summed E-state index contributed by atoms with van der Waals surface area (Å²) in [4.78, 5) is 5.90. The molecule has 0 atom stereocenters. The number of hydrogen-bond donors (Lipinski definition) is 0. The van der Waals surface area contributed by atoms with Crippen molar-refractivity contribution in [2.24, 2.45) is 0 Å². The molecule has 44 heavy (non-hydrogen) atoms. The summed E-state index contributed by atoms with van der Waals surface area (Å²) in [7, 11) is 0. The Hall–Kier alpha value is -5.32.